The summed E-state index contributed by atoms with van der Waals surface area (Å²) in [5.74, 6) is 1.18. The van der Waals surface area contributed by atoms with E-state index in [0.717, 1.165) is 48.9 Å². The maximum absolute atomic E-state index is 13.0. The molecule has 34 heavy (non-hydrogen) atoms. The quantitative estimate of drug-likeness (QED) is 0.253. The number of amides is 1. The Bertz CT molecular complexity index is 1190. The zero-order valence-electron chi connectivity index (χ0n) is 19.2. The van der Waals surface area contributed by atoms with Gasteiger partial charge in [-0.15, -0.1) is 24.0 Å². The Morgan fingerprint density at radius 2 is 2.12 bits per heavy atom. The highest BCUT2D eigenvalue weighted by atomic mass is 32.1. The normalized spacial score (nSPS) is 17.5. The molecule has 0 radical (unpaired) electrons. The van der Waals surface area contributed by atoms with E-state index in [1.807, 2.05) is 25.3 Å². The molecule has 1 amide bonds. The van der Waals surface area contributed by atoms with Crippen LogP contribution in [0, 0.1) is 31.9 Å². The van der Waals surface area contributed by atoms with Crippen molar-refractivity contribution in [3.05, 3.63) is 64.0 Å². The van der Waals surface area contributed by atoms with E-state index in [4.69, 9.17) is 12.6 Å². The molecule has 2 N–H and O–H groups in total. The molecule has 1 saturated heterocycles. The fraction of sp³-hybridized carbons (Fsp3) is 0.417. The van der Waals surface area contributed by atoms with E-state index in [-0.39, 0.29) is 11.4 Å². The summed E-state index contributed by atoms with van der Waals surface area (Å²) in [6.07, 6.45) is 7.91. The van der Waals surface area contributed by atoms with Crippen LogP contribution in [-0.4, -0.2) is 55.7 Å². The van der Waals surface area contributed by atoms with E-state index >= 15 is 0 Å². The third-order valence-corrected chi connectivity index (χ3v) is 7.62. The molecule has 0 saturated carbocycles. The molecule has 0 spiro atoms. The zero-order chi connectivity index (χ0) is 23.7. The molecule has 1 aliphatic carbocycles. The third kappa shape index (κ3) is 5.18. The number of nitrogens with one attached hydrogen (secondary N) is 2. The van der Waals surface area contributed by atoms with Gasteiger partial charge in [0.15, 0.2) is 5.82 Å². The lowest BCUT2D eigenvalue weighted by molar-refractivity contribution is 0.102. The number of aryl methyl sites for hydroxylation is 2. The first-order valence-electron chi connectivity index (χ1n) is 11.4. The molecule has 10 heteroatoms. The molecule has 1 fully saturated rings. The molecule has 176 valence electrons. The molecule has 8 nitrogen and oxygen atoms in total. The number of carbonyl (C=O) groups is 1. The minimum Gasteiger partial charge on any atom is -0.310 e. The number of rotatable bonds is 8. The Kier molecular flexibility index (Phi) is 6.70. The topological polar surface area (TPSA) is 88.0 Å². The number of hydrogen-bond donors (Lipinski definition) is 3. The van der Waals surface area contributed by atoms with Gasteiger partial charge in [-0.2, -0.15) is 5.10 Å². The van der Waals surface area contributed by atoms with Crippen LogP contribution in [0.4, 0.5) is 5.69 Å². The van der Waals surface area contributed by atoms with Gasteiger partial charge in [-0.25, -0.2) is 14.6 Å². The van der Waals surface area contributed by atoms with Crippen LogP contribution in [0.25, 0.3) is 5.82 Å². The van der Waals surface area contributed by atoms with E-state index in [0.29, 0.717) is 29.0 Å². The summed E-state index contributed by atoms with van der Waals surface area (Å²) in [6.45, 7) is 6.72. The average Bonchev–Trinajstić information content (AvgIpc) is 3.42. The number of thiol groups is 1. The molecule has 0 bridgehead atoms. The standard InChI is InChI=1S/C24H27N7OS2/c1-15-12-16(2)31(29-15)21-19(4-3-9-25-21)27-22(32)20-14-34-23(28-20)18-7-10-30(11-8-18)24(33)26-13-17-5-6-17/h5-6,9,12,14,17-18,24,26,33H,7-8,10-11,13H2,1-2H3,(H,27,32). The molecule has 4 heterocycles. The molecule has 0 aromatic carbocycles. The van der Waals surface area contributed by atoms with Gasteiger partial charge in [-0.1, -0.05) is 12.2 Å². The Balaban J connectivity index is 1.20. The summed E-state index contributed by atoms with van der Waals surface area (Å²) >= 11 is 6.27. The number of carbonyl (C=O) groups excluding carboxylic acids is 1. The number of likely N-dealkylation sites (tertiary alicyclic amines) is 1. The van der Waals surface area contributed by atoms with Gasteiger partial charge in [-0.3, -0.25) is 15.0 Å². The lowest BCUT2D eigenvalue weighted by atomic mass is 9.98. The lowest BCUT2D eigenvalue weighted by Crippen LogP contribution is -2.46. The van der Waals surface area contributed by atoms with Gasteiger partial charge >= 0.3 is 0 Å². The maximum atomic E-state index is 13.0. The van der Waals surface area contributed by atoms with Gasteiger partial charge in [0.25, 0.3) is 5.91 Å². The lowest BCUT2D eigenvalue weighted by Gasteiger charge is -2.35. The first-order valence-corrected chi connectivity index (χ1v) is 12.8. The smallest absolute Gasteiger partial charge is 0.275 e. The summed E-state index contributed by atoms with van der Waals surface area (Å²) < 4.78 is 1.69. The summed E-state index contributed by atoms with van der Waals surface area (Å²) in [6, 6.07) is 7.72. The van der Waals surface area contributed by atoms with Crippen molar-refractivity contribution < 1.29 is 4.79 Å². The first-order chi connectivity index (χ1) is 16.5. The van der Waals surface area contributed by atoms with E-state index < -0.39 is 0 Å². The predicted molar refractivity (Wildman–Crippen MR) is 136 cm³/mol. The van der Waals surface area contributed by atoms with Crippen molar-refractivity contribution in [3.8, 4) is 5.82 Å². The van der Waals surface area contributed by atoms with Gasteiger partial charge in [0.05, 0.1) is 16.9 Å². The highest BCUT2D eigenvalue weighted by Crippen LogP contribution is 2.31. The van der Waals surface area contributed by atoms with Crippen LogP contribution in [0.3, 0.4) is 0 Å². The van der Waals surface area contributed by atoms with Crippen LogP contribution in [0.5, 0.6) is 0 Å². The van der Waals surface area contributed by atoms with Crippen LogP contribution in [-0.2, 0) is 0 Å². The number of piperidine rings is 1. The number of anilines is 1. The second-order valence-corrected chi connectivity index (χ2v) is 10.1. The van der Waals surface area contributed by atoms with Crippen LogP contribution in [0.1, 0.15) is 45.6 Å². The van der Waals surface area contributed by atoms with E-state index in [1.165, 1.54) is 6.20 Å². The van der Waals surface area contributed by atoms with Gasteiger partial charge in [0.1, 0.15) is 16.9 Å². The van der Waals surface area contributed by atoms with E-state index in [1.54, 1.807) is 16.0 Å². The number of aromatic nitrogens is 4. The van der Waals surface area contributed by atoms with Crippen LogP contribution in [0.2, 0.25) is 0 Å². The molecular weight excluding hydrogens is 466 g/mol. The van der Waals surface area contributed by atoms with Crippen molar-refractivity contribution in [2.24, 2.45) is 5.92 Å². The van der Waals surface area contributed by atoms with Crippen molar-refractivity contribution in [1.82, 2.24) is 30.0 Å². The summed E-state index contributed by atoms with van der Waals surface area (Å²) in [5, 5.41) is 13.7. The van der Waals surface area contributed by atoms with Gasteiger partial charge < -0.3 is 5.32 Å². The number of thiazole rings is 1. The molecule has 2 aliphatic rings. The second-order valence-electron chi connectivity index (χ2n) is 8.73. The highest BCUT2D eigenvalue weighted by molar-refractivity contribution is 7.80. The fourth-order valence-corrected chi connectivity index (χ4v) is 5.45. The van der Waals surface area contributed by atoms with Gasteiger partial charge in [-0.05, 0) is 44.9 Å². The molecule has 3 aromatic rings. The predicted octanol–water partition coefficient (Wildman–Crippen LogP) is 3.36. The Hall–Kier alpha value is -2.71. The molecule has 1 aliphatic heterocycles. The van der Waals surface area contributed by atoms with E-state index in [9.17, 15) is 4.79 Å². The van der Waals surface area contributed by atoms with Crippen molar-refractivity contribution >= 4 is 35.6 Å². The summed E-state index contributed by atoms with van der Waals surface area (Å²) in [5.41, 5.74) is 2.70. The molecule has 1 unspecified atom stereocenters. The zero-order valence-corrected chi connectivity index (χ0v) is 20.9. The minimum atomic E-state index is -0.284. The van der Waals surface area contributed by atoms with E-state index in [2.05, 4.69) is 54.9 Å². The number of nitrogens with zero attached hydrogens (tertiary/aromatic N) is 5. The third-order valence-electron chi connectivity index (χ3n) is 6.10. The molecule has 5 rings (SSSR count). The fourth-order valence-electron chi connectivity index (χ4n) is 4.14. The highest BCUT2D eigenvalue weighted by Gasteiger charge is 2.27. The maximum Gasteiger partial charge on any atom is 0.275 e. The Labute approximate surface area is 208 Å². The summed E-state index contributed by atoms with van der Waals surface area (Å²) in [4.78, 5) is 24.4. The SMILES string of the molecule is Cc1cc(C)n(-c2ncc#cc2NC(=O)c2csc(C3CCN(C(S)NCC4C=C4)CC3)n2)n1. The van der Waals surface area contributed by atoms with Crippen molar-refractivity contribution in [2.45, 2.75) is 38.1 Å². The second kappa shape index (κ2) is 9.88. The Morgan fingerprint density at radius 1 is 1.32 bits per heavy atom. The van der Waals surface area contributed by atoms with Crippen LogP contribution in [0.15, 0.2) is 29.8 Å². The average molecular weight is 494 g/mol. The molecule has 3 aromatic heterocycles. The van der Waals surface area contributed by atoms with Crippen LogP contribution < -0.4 is 10.6 Å². The van der Waals surface area contributed by atoms with Crippen molar-refractivity contribution in [1.29, 1.82) is 0 Å². The monoisotopic (exact) mass is 493 g/mol. The largest absolute Gasteiger partial charge is 0.310 e. The number of hydrogen-bond acceptors (Lipinski definition) is 8. The van der Waals surface area contributed by atoms with Gasteiger partial charge in [0, 0.05) is 42.5 Å². The van der Waals surface area contributed by atoms with Crippen LogP contribution >= 0.6 is 24.0 Å². The van der Waals surface area contributed by atoms with Crippen molar-refractivity contribution in [3.63, 3.8) is 0 Å². The van der Waals surface area contributed by atoms with Crippen molar-refractivity contribution in [2.75, 3.05) is 25.0 Å². The summed E-state index contributed by atoms with van der Waals surface area (Å²) in [7, 11) is 0. The first kappa shape index (κ1) is 23.1. The molecule has 1 atom stereocenters. The van der Waals surface area contributed by atoms with Gasteiger partial charge in [0.2, 0.25) is 0 Å². The molecular formula is C24H27N7OS2. The minimum absolute atomic E-state index is 0.0740. The Morgan fingerprint density at radius 3 is 2.82 bits per heavy atom.